The molecule has 1 radical (unpaired) electrons. The number of ketones is 1. The Labute approximate surface area is 249 Å². The Hall–Kier alpha value is -3.35. The molecule has 0 N–H and O–H groups in total. The fourth-order valence-electron chi connectivity index (χ4n) is 6.89. The van der Waals surface area contributed by atoms with E-state index in [-0.39, 0.29) is 42.0 Å². The van der Waals surface area contributed by atoms with E-state index in [2.05, 4.69) is 61.5 Å². The Bertz CT molecular complexity index is 1300. The van der Waals surface area contributed by atoms with Crippen molar-refractivity contribution in [3.05, 3.63) is 53.7 Å². The lowest BCUT2D eigenvalue weighted by atomic mass is 9.77. The first-order valence-corrected chi connectivity index (χ1v) is 15.4. The van der Waals surface area contributed by atoms with Gasteiger partial charge >= 0.3 is 6.02 Å². The second-order valence-electron chi connectivity index (χ2n) is 12.1. The largest absolute Gasteiger partial charge is 0.462 e. The molecule has 223 valence electrons. The smallest absolute Gasteiger partial charge is 0.314 e. The molecule has 2 saturated heterocycles. The maximum absolute atomic E-state index is 14.2. The molecule has 4 aliphatic rings. The van der Waals surface area contributed by atoms with Crippen LogP contribution in [0.15, 0.2) is 40.8 Å². The van der Waals surface area contributed by atoms with Crippen LogP contribution in [0.25, 0.3) is 0 Å². The van der Waals surface area contributed by atoms with Crippen LogP contribution in [0, 0.1) is 36.3 Å². The zero-order valence-electron chi connectivity index (χ0n) is 25.2. The van der Waals surface area contributed by atoms with Crippen LogP contribution in [-0.4, -0.2) is 90.0 Å². The topological polar surface area (TPSA) is 102 Å². The Kier molecular flexibility index (Phi) is 9.54. The number of rotatable bonds is 8. The molecule has 5 rings (SSSR count). The van der Waals surface area contributed by atoms with Crippen molar-refractivity contribution in [2.75, 3.05) is 39.8 Å². The average Bonchev–Trinajstić information content (AvgIpc) is 3.42. The summed E-state index contributed by atoms with van der Waals surface area (Å²) in [6, 6.07) is 9.00. The van der Waals surface area contributed by atoms with Crippen molar-refractivity contribution in [3.8, 4) is 6.07 Å². The molecule has 1 amide bonds. The number of benzene rings is 1. The van der Waals surface area contributed by atoms with Crippen LogP contribution < -0.4 is 0 Å². The number of amides is 1. The SMILES string of the molecule is C=CC(=O)N1CCN([C]2N=C(OCC3CCCN3C)N=C(C(=O)[C@H]3CCc4cc(C)ccc4C3)C2CC)CC1CC#N. The molecule has 9 nitrogen and oxygen atoms in total. The van der Waals surface area contributed by atoms with Gasteiger partial charge in [-0.15, -0.1) is 0 Å². The molecule has 3 aliphatic heterocycles. The molecule has 0 saturated carbocycles. The Morgan fingerprint density at radius 2 is 2.00 bits per heavy atom. The van der Waals surface area contributed by atoms with E-state index in [1.807, 2.05) is 0 Å². The number of likely N-dealkylation sites (N-methyl/N-ethyl adjacent to an activating group) is 1. The minimum Gasteiger partial charge on any atom is -0.462 e. The third-order valence-electron chi connectivity index (χ3n) is 9.36. The minimum absolute atomic E-state index is 0.0774. The van der Waals surface area contributed by atoms with Gasteiger partial charge in [0.05, 0.1) is 24.2 Å². The van der Waals surface area contributed by atoms with Gasteiger partial charge in [-0.1, -0.05) is 37.3 Å². The number of nitrogens with zero attached hydrogens (tertiary/aromatic N) is 6. The van der Waals surface area contributed by atoms with E-state index >= 15 is 0 Å². The molecular weight excluding hydrogens is 528 g/mol. The van der Waals surface area contributed by atoms with Gasteiger partial charge in [-0.25, -0.2) is 4.99 Å². The molecule has 4 atom stereocenters. The van der Waals surface area contributed by atoms with Crippen molar-refractivity contribution in [2.45, 2.75) is 70.9 Å². The molecule has 2 fully saturated rings. The molecule has 0 aromatic heterocycles. The van der Waals surface area contributed by atoms with Gasteiger partial charge in [0.25, 0.3) is 0 Å². The second-order valence-corrected chi connectivity index (χ2v) is 12.1. The fourth-order valence-corrected chi connectivity index (χ4v) is 6.89. The van der Waals surface area contributed by atoms with Crippen LogP contribution in [0.4, 0.5) is 0 Å². The summed E-state index contributed by atoms with van der Waals surface area (Å²) >= 11 is 0. The predicted octanol–water partition coefficient (Wildman–Crippen LogP) is 3.72. The third-order valence-corrected chi connectivity index (χ3v) is 9.36. The number of carbonyl (C=O) groups excluding carboxylic acids is 2. The number of likely N-dealkylation sites (tertiary alicyclic amines) is 1. The summed E-state index contributed by atoms with van der Waals surface area (Å²) < 4.78 is 6.23. The van der Waals surface area contributed by atoms with E-state index < -0.39 is 0 Å². The van der Waals surface area contributed by atoms with Crippen LogP contribution in [-0.2, 0) is 27.2 Å². The Balaban J connectivity index is 1.41. The molecule has 1 aliphatic carbocycles. The third kappa shape index (κ3) is 6.35. The lowest BCUT2D eigenvalue weighted by Crippen LogP contribution is -2.57. The van der Waals surface area contributed by atoms with Gasteiger partial charge < -0.3 is 14.5 Å². The van der Waals surface area contributed by atoms with Crippen LogP contribution in [0.2, 0.25) is 0 Å². The maximum Gasteiger partial charge on any atom is 0.314 e. The summed E-state index contributed by atoms with van der Waals surface area (Å²) in [6.45, 7) is 10.8. The molecule has 42 heavy (non-hydrogen) atoms. The summed E-state index contributed by atoms with van der Waals surface area (Å²) in [5, 5.41) is 9.51. The van der Waals surface area contributed by atoms with E-state index in [0.717, 1.165) is 38.4 Å². The number of hydrogen-bond donors (Lipinski definition) is 0. The Morgan fingerprint density at radius 1 is 1.17 bits per heavy atom. The van der Waals surface area contributed by atoms with Crippen molar-refractivity contribution >= 4 is 23.4 Å². The molecule has 3 heterocycles. The van der Waals surface area contributed by atoms with Crippen molar-refractivity contribution in [2.24, 2.45) is 21.8 Å². The quantitative estimate of drug-likeness (QED) is 0.441. The van der Waals surface area contributed by atoms with Crippen LogP contribution in [0.5, 0.6) is 0 Å². The van der Waals surface area contributed by atoms with E-state index in [9.17, 15) is 14.9 Å². The number of piperazine rings is 1. The van der Waals surface area contributed by atoms with Gasteiger partial charge in [0.2, 0.25) is 5.91 Å². The zero-order chi connectivity index (χ0) is 29.8. The summed E-state index contributed by atoms with van der Waals surface area (Å²) in [4.78, 5) is 42.7. The van der Waals surface area contributed by atoms with Gasteiger partial charge in [-0.3, -0.25) is 14.5 Å². The molecule has 1 aromatic rings. The predicted molar refractivity (Wildman–Crippen MR) is 163 cm³/mol. The van der Waals surface area contributed by atoms with Gasteiger partial charge in [-0.2, -0.15) is 10.3 Å². The lowest BCUT2D eigenvalue weighted by Gasteiger charge is -2.44. The molecule has 9 heteroatoms. The van der Waals surface area contributed by atoms with Crippen molar-refractivity contribution < 1.29 is 14.3 Å². The highest BCUT2D eigenvalue weighted by molar-refractivity contribution is 6.43. The number of amidine groups is 1. The standard InChI is InChI=1S/C33H43N6O3/c1-5-28-30(31(41)25-12-11-23-18-22(3)9-10-24(23)19-25)35-33(42-21-27-8-7-15-37(27)4)36-32(28)38-16-17-39(29(40)6-2)26(20-38)13-14-34/h6,9-10,18,25-28H,2,5,7-8,11-13,15-17,19-21H2,1,3-4H3/t25-,26?,27?,28?/m0/s1. The van der Waals surface area contributed by atoms with E-state index in [0.29, 0.717) is 50.8 Å². The summed E-state index contributed by atoms with van der Waals surface area (Å²) in [7, 11) is 2.11. The van der Waals surface area contributed by atoms with Gasteiger partial charge in [-0.05, 0) is 76.2 Å². The fraction of sp³-hybridized carbons (Fsp3) is 0.576. The molecule has 0 bridgehead atoms. The van der Waals surface area contributed by atoms with E-state index in [4.69, 9.17) is 14.7 Å². The van der Waals surface area contributed by atoms with Crippen molar-refractivity contribution in [1.29, 1.82) is 5.26 Å². The van der Waals surface area contributed by atoms with Gasteiger partial charge in [0.15, 0.2) is 11.9 Å². The van der Waals surface area contributed by atoms with E-state index in [1.165, 1.54) is 22.8 Å². The Morgan fingerprint density at radius 3 is 2.71 bits per heavy atom. The molecule has 3 unspecified atom stereocenters. The number of ether oxygens (including phenoxy) is 1. The highest BCUT2D eigenvalue weighted by Gasteiger charge is 2.43. The highest BCUT2D eigenvalue weighted by Crippen LogP contribution is 2.35. The number of carbonyl (C=O) groups is 2. The number of hydrogen-bond acceptors (Lipinski definition) is 8. The number of nitriles is 1. The van der Waals surface area contributed by atoms with Crippen LogP contribution in [0.1, 0.15) is 55.7 Å². The van der Waals surface area contributed by atoms with Crippen molar-refractivity contribution in [1.82, 2.24) is 14.7 Å². The summed E-state index contributed by atoms with van der Waals surface area (Å²) in [5.74, 6) is -0.506. The summed E-state index contributed by atoms with van der Waals surface area (Å²) in [6.07, 6.45) is 7.53. The first-order valence-electron chi connectivity index (χ1n) is 15.4. The zero-order valence-corrected chi connectivity index (χ0v) is 25.2. The van der Waals surface area contributed by atoms with Gasteiger partial charge in [0, 0.05) is 37.5 Å². The summed E-state index contributed by atoms with van der Waals surface area (Å²) in [5.41, 5.74) is 4.36. The number of Topliss-reactive ketones (excluding diaryl/α,β-unsaturated/α-hetero) is 1. The average molecular weight is 572 g/mol. The van der Waals surface area contributed by atoms with Crippen molar-refractivity contribution in [3.63, 3.8) is 0 Å². The number of aryl methyl sites for hydroxylation is 2. The lowest BCUT2D eigenvalue weighted by molar-refractivity contribution is -0.130. The van der Waals surface area contributed by atoms with Crippen LogP contribution >= 0.6 is 0 Å². The minimum atomic E-state index is -0.290. The number of aliphatic imine (C=N–C) groups is 2. The second kappa shape index (κ2) is 13.3. The first-order chi connectivity index (χ1) is 20.3. The first kappa shape index (κ1) is 30.1. The van der Waals surface area contributed by atoms with Crippen LogP contribution in [0.3, 0.4) is 0 Å². The van der Waals surface area contributed by atoms with Gasteiger partial charge in [0.1, 0.15) is 6.61 Å². The molecule has 0 spiro atoms. The normalized spacial score (nSPS) is 27.0. The number of fused-ring (bicyclic) bond motifs is 1. The monoisotopic (exact) mass is 571 g/mol. The highest BCUT2D eigenvalue weighted by atomic mass is 16.5. The molecule has 1 aromatic carbocycles. The van der Waals surface area contributed by atoms with E-state index in [1.54, 1.807) is 4.90 Å². The maximum atomic E-state index is 14.2. The molecular formula is C33H43N6O3.